The SMILES string of the molecule is CC(C)(C)Cc1cccc2cc[nH]c12. The molecule has 2 rings (SSSR count). The Morgan fingerprint density at radius 1 is 1.14 bits per heavy atom. The van der Waals surface area contributed by atoms with Gasteiger partial charge in [0.1, 0.15) is 0 Å². The van der Waals surface area contributed by atoms with Crippen LogP contribution in [0.3, 0.4) is 0 Å². The molecule has 2 aromatic rings. The fourth-order valence-corrected chi connectivity index (χ4v) is 1.87. The molecule has 0 saturated carbocycles. The molecule has 1 aromatic heterocycles. The van der Waals surface area contributed by atoms with Crippen molar-refractivity contribution in [3.05, 3.63) is 36.0 Å². The lowest BCUT2D eigenvalue weighted by Crippen LogP contribution is -2.09. The second kappa shape index (κ2) is 3.16. The molecule has 0 atom stereocenters. The first kappa shape index (κ1) is 9.32. The average Bonchev–Trinajstić information content (AvgIpc) is 2.49. The van der Waals surface area contributed by atoms with Crippen LogP contribution >= 0.6 is 0 Å². The summed E-state index contributed by atoms with van der Waals surface area (Å²) in [6, 6.07) is 8.63. The Labute approximate surface area is 85.1 Å². The molecule has 0 amide bonds. The molecular weight excluding hydrogens is 170 g/mol. The van der Waals surface area contributed by atoms with Gasteiger partial charge in [-0.1, -0.05) is 39.0 Å². The van der Waals surface area contributed by atoms with Gasteiger partial charge in [0.25, 0.3) is 0 Å². The Bertz CT molecular complexity index is 432. The number of H-pyrrole nitrogens is 1. The molecule has 0 aliphatic carbocycles. The maximum atomic E-state index is 3.31. The van der Waals surface area contributed by atoms with Crippen LogP contribution in [0.2, 0.25) is 0 Å². The van der Waals surface area contributed by atoms with Crippen molar-refractivity contribution < 1.29 is 0 Å². The van der Waals surface area contributed by atoms with Gasteiger partial charge in [-0.25, -0.2) is 0 Å². The standard InChI is InChI=1S/C13H17N/c1-13(2,3)9-11-6-4-5-10-7-8-14-12(10)11/h4-8,14H,9H2,1-3H3. The number of fused-ring (bicyclic) bond motifs is 1. The van der Waals surface area contributed by atoms with Crippen molar-refractivity contribution in [1.29, 1.82) is 0 Å². The highest BCUT2D eigenvalue weighted by Crippen LogP contribution is 2.25. The van der Waals surface area contributed by atoms with Crippen molar-refractivity contribution in [3.63, 3.8) is 0 Å². The quantitative estimate of drug-likeness (QED) is 0.699. The molecule has 0 radical (unpaired) electrons. The maximum Gasteiger partial charge on any atom is 0.0486 e. The molecule has 1 aromatic carbocycles. The fraction of sp³-hybridized carbons (Fsp3) is 0.385. The maximum absolute atomic E-state index is 3.31. The minimum Gasteiger partial charge on any atom is -0.361 e. The van der Waals surface area contributed by atoms with Gasteiger partial charge in [0, 0.05) is 11.7 Å². The van der Waals surface area contributed by atoms with Gasteiger partial charge in [-0.05, 0) is 28.9 Å². The van der Waals surface area contributed by atoms with E-state index in [0.29, 0.717) is 5.41 Å². The van der Waals surface area contributed by atoms with E-state index in [-0.39, 0.29) is 0 Å². The van der Waals surface area contributed by atoms with Gasteiger partial charge in [-0.3, -0.25) is 0 Å². The number of nitrogens with one attached hydrogen (secondary N) is 1. The largest absolute Gasteiger partial charge is 0.361 e. The van der Waals surface area contributed by atoms with E-state index in [1.54, 1.807) is 0 Å². The molecule has 0 bridgehead atoms. The zero-order valence-electron chi connectivity index (χ0n) is 9.09. The molecule has 1 N–H and O–H groups in total. The van der Waals surface area contributed by atoms with Gasteiger partial charge in [-0.15, -0.1) is 0 Å². The lowest BCUT2D eigenvalue weighted by Gasteiger charge is -2.18. The Kier molecular flexibility index (Phi) is 2.10. The minimum absolute atomic E-state index is 0.347. The smallest absolute Gasteiger partial charge is 0.0486 e. The van der Waals surface area contributed by atoms with Gasteiger partial charge < -0.3 is 4.98 Å². The van der Waals surface area contributed by atoms with Gasteiger partial charge >= 0.3 is 0 Å². The summed E-state index contributed by atoms with van der Waals surface area (Å²) in [7, 11) is 0. The molecule has 0 fully saturated rings. The van der Waals surface area contributed by atoms with Crippen LogP contribution in [0.1, 0.15) is 26.3 Å². The molecule has 1 heteroatoms. The summed E-state index contributed by atoms with van der Waals surface area (Å²) in [6.07, 6.45) is 3.13. The van der Waals surface area contributed by atoms with E-state index >= 15 is 0 Å². The number of benzene rings is 1. The van der Waals surface area contributed by atoms with Crippen LogP contribution in [0.4, 0.5) is 0 Å². The van der Waals surface area contributed by atoms with Crippen LogP contribution in [-0.2, 0) is 6.42 Å². The Balaban J connectivity index is 2.46. The first-order valence-corrected chi connectivity index (χ1v) is 5.11. The van der Waals surface area contributed by atoms with Gasteiger partial charge in [0.2, 0.25) is 0 Å². The van der Waals surface area contributed by atoms with Crippen molar-refractivity contribution in [1.82, 2.24) is 4.98 Å². The lowest BCUT2D eigenvalue weighted by atomic mass is 9.87. The Morgan fingerprint density at radius 2 is 1.93 bits per heavy atom. The van der Waals surface area contributed by atoms with Crippen molar-refractivity contribution in [2.45, 2.75) is 27.2 Å². The molecule has 74 valence electrons. The first-order chi connectivity index (χ1) is 6.56. The van der Waals surface area contributed by atoms with E-state index in [1.165, 1.54) is 16.5 Å². The third kappa shape index (κ3) is 1.82. The fourth-order valence-electron chi connectivity index (χ4n) is 1.87. The van der Waals surface area contributed by atoms with E-state index in [9.17, 15) is 0 Å². The summed E-state index contributed by atoms with van der Waals surface area (Å²) in [5.74, 6) is 0. The summed E-state index contributed by atoms with van der Waals surface area (Å²) >= 11 is 0. The van der Waals surface area contributed by atoms with Crippen LogP contribution in [0.5, 0.6) is 0 Å². The van der Waals surface area contributed by atoms with Crippen molar-refractivity contribution in [3.8, 4) is 0 Å². The highest BCUT2D eigenvalue weighted by molar-refractivity contribution is 5.82. The second-order valence-electron chi connectivity index (χ2n) is 5.10. The van der Waals surface area contributed by atoms with E-state index in [1.807, 2.05) is 6.20 Å². The van der Waals surface area contributed by atoms with E-state index in [2.05, 4.69) is 50.0 Å². The topological polar surface area (TPSA) is 15.8 Å². The molecule has 1 heterocycles. The molecule has 0 saturated heterocycles. The lowest BCUT2D eigenvalue weighted by molar-refractivity contribution is 0.412. The van der Waals surface area contributed by atoms with Crippen LogP contribution < -0.4 is 0 Å². The van der Waals surface area contributed by atoms with Crippen LogP contribution in [-0.4, -0.2) is 4.98 Å². The highest BCUT2D eigenvalue weighted by Gasteiger charge is 2.13. The summed E-state index contributed by atoms with van der Waals surface area (Å²) < 4.78 is 0. The molecule has 0 aliphatic heterocycles. The number of hydrogen-bond donors (Lipinski definition) is 1. The molecule has 1 nitrogen and oxygen atoms in total. The summed E-state index contributed by atoms with van der Waals surface area (Å²) in [5.41, 5.74) is 3.06. The average molecular weight is 187 g/mol. The van der Waals surface area contributed by atoms with E-state index < -0.39 is 0 Å². The van der Waals surface area contributed by atoms with Crippen molar-refractivity contribution in [2.75, 3.05) is 0 Å². The number of aromatic nitrogens is 1. The minimum atomic E-state index is 0.347. The summed E-state index contributed by atoms with van der Waals surface area (Å²) in [4.78, 5) is 3.31. The molecule has 14 heavy (non-hydrogen) atoms. The van der Waals surface area contributed by atoms with Gasteiger partial charge in [-0.2, -0.15) is 0 Å². The third-order valence-electron chi connectivity index (χ3n) is 2.39. The van der Waals surface area contributed by atoms with Crippen LogP contribution in [0, 0.1) is 5.41 Å². The van der Waals surface area contributed by atoms with Crippen LogP contribution in [0.15, 0.2) is 30.5 Å². The van der Waals surface area contributed by atoms with Crippen molar-refractivity contribution in [2.24, 2.45) is 5.41 Å². The van der Waals surface area contributed by atoms with E-state index in [4.69, 9.17) is 0 Å². The molecule has 0 aliphatic rings. The number of aromatic amines is 1. The molecular formula is C13H17N. The van der Waals surface area contributed by atoms with Crippen molar-refractivity contribution >= 4 is 10.9 Å². The molecule has 0 spiro atoms. The number of rotatable bonds is 1. The van der Waals surface area contributed by atoms with Gasteiger partial charge in [0.15, 0.2) is 0 Å². The van der Waals surface area contributed by atoms with Crippen LogP contribution in [0.25, 0.3) is 10.9 Å². The summed E-state index contributed by atoms with van der Waals surface area (Å²) in [6.45, 7) is 6.82. The number of para-hydroxylation sites is 1. The first-order valence-electron chi connectivity index (χ1n) is 5.11. The van der Waals surface area contributed by atoms with Gasteiger partial charge in [0.05, 0.1) is 0 Å². The zero-order valence-corrected chi connectivity index (χ0v) is 9.09. The zero-order chi connectivity index (χ0) is 10.2. The predicted octanol–water partition coefficient (Wildman–Crippen LogP) is 3.76. The molecule has 0 unspecified atom stereocenters. The third-order valence-corrected chi connectivity index (χ3v) is 2.39. The number of hydrogen-bond acceptors (Lipinski definition) is 0. The van der Waals surface area contributed by atoms with E-state index in [0.717, 1.165) is 6.42 Å². The monoisotopic (exact) mass is 187 g/mol. The predicted molar refractivity (Wildman–Crippen MR) is 61.5 cm³/mol. The normalized spacial score (nSPS) is 12.2. The Morgan fingerprint density at radius 3 is 2.64 bits per heavy atom. The Hall–Kier alpha value is -1.24. The second-order valence-corrected chi connectivity index (χ2v) is 5.10. The highest BCUT2D eigenvalue weighted by atomic mass is 14.7. The summed E-state index contributed by atoms with van der Waals surface area (Å²) in [5, 5.41) is 1.31.